The van der Waals surface area contributed by atoms with Gasteiger partial charge in [0.15, 0.2) is 12.6 Å². The molecule has 0 spiro atoms. The van der Waals surface area contributed by atoms with Gasteiger partial charge >= 0.3 is 5.97 Å². The Morgan fingerprint density at radius 3 is 1.46 bits per heavy atom. The lowest BCUT2D eigenvalue weighted by Crippen LogP contribution is -2.61. The first-order valence-electron chi connectivity index (χ1n) is 26.7. The second kappa shape index (κ2) is 42.7. The van der Waals surface area contributed by atoms with Crippen molar-refractivity contribution < 1.29 is 69.0 Å². The largest absolute Gasteiger partial charge is 0.457 e. The molecule has 0 radical (unpaired) electrons. The first-order chi connectivity index (χ1) is 34.1. The van der Waals surface area contributed by atoms with Crippen molar-refractivity contribution in [1.29, 1.82) is 0 Å². The normalized spacial score (nSPS) is 26.2. The van der Waals surface area contributed by atoms with Crippen molar-refractivity contribution in [1.82, 2.24) is 0 Å². The summed E-state index contributed by atoms with van der Waals surface area (Å²) in [5.74, 6) is -0.414. The SMILES string of the molecule is CC/C=C\C/C=C\C/C=C\C/C=C\C/C=C\CCCCCC(=O)OC(COCCCCCCCC/C=C\C/C=C\CCCCCC)COC1OC(COC2OC(CO)C(O)C(O)C2O)C(O)C(O)C1O. The number of aliphatic hydroxyl groups excluding tert-OH is 7. The molecule has 0 aromatic heterocycles. The lowest BCUT2D eigenvalue weighted by atomic mass is 9.98. The van der Waals surface area contributed by atoms with E-state index in [-0.39, 0.29) is 19.6 Å². The summed E-state index contributed by atoms with van der Waals surface area (Å²) in [5, 5.41) is 72.2. The third-order valence-corrected chi connectivity index (χ3v) is 12.1. The zero-order valence-corrected chi connectivity index (χ0v) is 42.7. The van der Waals surface area contributed by atoms with Gasteiger partial charge in [-0.05, 0) is 89.9 Å². The van der Waals surface area contributed by atoms with E-state index in [9.17, 15) is 40.5 Å². The van der Waals surface area contributed by atoms with Gasteiger partial charge in [-0.15, -0.1) is 0 Å². The molecule has 2 aliphatic rings. The highest BCUT2D eigenvalue weighted by molar-refractivity contribution is 5.69. The molecule has 0 amide bonds. The van der Waals surface area contributed by atoms with Crippen molar-refractivity contribution in [3.8, 4) is 0 Å². The summed E-state index contributed by atoms with van der Waals surface area (Å²) in [6, 6.07) is 0. The van der Waals surface area contributed by atoms with Gasteiger partial charge < -0.3 is 64.2 Å². The van der Waals surface area contributed by atoms with Crippen molar-refractivity contribution in [3.05, 3.63) is 85.1 Å². The van der Waals surface area contributed by atoms with Crippen LogP contribution in [0.15, 0.2) is 85.1 Å². The van der Waals surface area contributed by atoms with Gasteiger partial charge in [-0.3, -0.25) is 4.79 Å². The monoisotopic (exact) mass is 991 g/mol. The lowest BCUT2D eigenvalue weighted by Gasteiger charge is -2.42. The van der Waals surface area contributed by atoms with Gasteiger partial charge in [0.25, 0.3) is 0 Å². The summed E-state index contributed by atoms with van der Waals surface area (Å²) in [7, 11) is 0. The molecule has 70 heavy (non-hydrogen) atoms. The minimum Gasteiger partial charge on any atom is -0.457 e. The number of unbranched alkanes of at least 4 members (excludes halogenated alkanes) is 13. The lowest BCUT2D eigenvalue weighted by molar-refractivity contribution is -0.332. The Bertz CT molecular complexity index is 1480. The highest BCUT2D eigenvalue weighted by Gasteiger charge is 2.47. The smallest absolute Gasteiger partial charge is 0.306 e. The number of allylic oxidation sites excluding steroid dienone is 14. The van der Waals surface area contributed by atoms with Crippen molar-refractivity contribution in [2.75, 3.05) is 33.0 Å². The molecule has 2 saturated heterocycles. The Kier molecular flexibility index (Phi) is 38.6. The number of hydrogen-bond donors (Lipinski definition) is 7. The van der Waals surface area contributed by atoms with Crippen molar-refractivity contribution >= 4 is 5.97 Å². The Labute approximate surface area is 420 Å². The summed E-state index contributed by atoms with van der Waals surface area (Å²) in [6.45, 7) is 3.47. The predicted molar refractivity (Wildman–Crippen MR) is 275 cm³/mol. The van der Waals surface area contributed by atoms with Gasteiger partial charge in [-0.25, -0.2) is 0 Å². The van der Waals surface area contributed by atoms with E-state index in [1.54, 1.807) is 0 Å². The quantitative estimate of drug-likeness (QED) is 0.0174. The molecule has 2 aliphatic heterocycles. The minimum absolute atomic E-state index is 0.0356. The van der Waals surface area contributed by atoms with Gasteiger partial charge in [0, 0.05) is 13.0 Å². The van der Waals surface area contributed by atoms with Gasteiger partial charge in [0.2, 0.25) is 0 Å². The van der Waals surface area contributed by atoms with Crippen molar-refractivity contribution in [2.24, 2.45) is 0 Å². The average Bonchev–Trinajstić information content (AvgIpc) is 3.36. The molecule has 11 unspecified atom stereocenters. The molecule has 14 heteroatoms. The maximum absolute atomic E-state index is 13.0. The van der Waals surface area contributed by atoms with E-state index in [1.807, 2.05) is 0 Å². The Hall–Kier alpha value is -2.83. The fraction of sp³-hybridized carbons (Fsp3) is 0.732. The van der Waals surface area contributed by atoms with E-state index in [4.69, 9.17) is 28.4 Å². The van der Waals surface area contributed by atoms with Crippen LogP contribution in [0.2, 0.25) is 0 Å². The summed E-state index contributed by atoms with van der Waals surface area (Å²) in [6.07, 6.45) is 37.8. The summed E-state index contributed by atoms with van der Waals surface area (Å²) in [5.41, 5.74) is 0. The predicted octanol–water partition coefficient (Wildman–Crippen LogP) is 8.46. The molecule has 402 valence electrons. The zero-order valence-electron chi connectivity index (χ0n) is 42.7. The van der Waals surface area contributed by atoms with Crippen LogP contribution in [0.4, 0.5) is 0 Å². The Morgan fingerprint density at radius 2 is 0.929 bits per heavy atom. The number of aliphatic hydroxyl groups is 7. The van der Waals surface area contributed by atoms with Crippen LogP contribution in [0, 0.1) is 0 Å². The Morgan fingerprint density at radius 1 is 0.486 bits per heavy atom. The van der Waals surface area contributed by atoms with Gasteiger partial charge in [-0.1, -0.05) is 150 Å². The number of carbonyl (C=O) groups excluding carboxylic acids is 1. The van der Waals surface area contributed by atoms with Crippen molar-refractivity contribution in [3.63, 3.8) is 0 Å². The molecule has 2 heterocycles. The molecular weight excluding hydrogens is 897 g/mol. The minimum atomic E-state index is -1.72. The maximum Gasteiger partial charge on any atom is 0.306 e. The molecule has 14 nitrogen and oxygen atoms in total. The first-order valence-corrected chi connectivity index (χ1v) is 26.7. The first kappa shape index (κ1) is 63.3. The molecule has 7 N–H and O–H groups in total. The maximum atomic E-state index is 13.0. The van der Waals surface area contributed by atoms with Crippen molar-refractivity contribution in [2.45, 2.75) is 229 Å². The number of esters is 1. The number of hydrogen-bond acceptors (Lipinski definition) is 14. The Balaban J connectivity index is 1.79. The molecule has 0 aromatic carbocycles. The topological polar surface area (TPSA) is 214 Å². The fourth-order valence-electron chi connectivity index (χ4n) is 7.81. The standard InChI is InChI=1S/C56H94O14/c1-3-5-7-9-11-13-15-17-19-21-22-23-25-27-29-31-33-35-37-39-48(58)68-45(42-65-40-38-36-34-32-30-28-26-24-20-18-16-14-12-10-8-6-4-2)43-66-55-54(64)52(62)50(60)47(70-55)44-67-56-53(63)51(61)49(59)46(41-57)69-56/h5,7,11,13-14,16-17,19-20,22-24,27,29,45-47,49-57,59-64H,3-4,6,8-10,12,15,18,21,25-26,28,30-44H2,1-2H3/b7-5-,13-11-,16-14-,19-17-,23-22-,24-20-,29-27-. The summed E-state index contributed by atoms with van der Waals surface area (Å²) in [4.78, 5) is 13.0. The van der Waals surface area contributed by atoms with Gasteiger partial charge in [0.1, 0.15) is 54.9 Å². The molecule has 11 atom stereocenters. The average molecular weight is 991 g/mol. The number of ether oxygens (including phenoxy) is 6. The zero-order chi connectivity index (χ0) is 50.9. The third kappa shape index (κ3) is 29.6. The molecule has 0 bridgehead atoms. The van der Waals surface area contributed by atoms with Crippen LogP contribution < -0.4 is 0 Å². The summed E-state index contributed by atoms with van der Waals surface area (Å²) >= 11 is 0. The van der Waals surface area contributed by atoms with Gasteiger partial charge in [-0.2, -0.15) is 0 Å². The third-order valence-electron chi connectivity index (χ3n) is 12.1. The van der Waals surface area contributed by atoms with E-state index in [1.165, 1.54) is 44.9 Å². The molecule has 0 aliphatic carbocycles. The second-order valence-electron chi connectivity index (χ2n) is 18.3. The number of carbonyl (C=O) groups is 1. The van der Waals surface area contributed by atoms with Gasteiger partial charge in [0.05, 0.1) is 26.4 Å². The molecule has 0 saturated carbocycles. The van der Waals surface area contributed by atoms with Crippen LogP contribution in [0.25, 0.3) is 0 Å². The van der Waals surface area contributed by atoms with Crippen LogP contribution in [-0.4, -0.2) is 142 Å². The molecule has 2 rings (SSSR count). The van der Waals surface area contributed by atoms with E-state index >= 15 is 0 Å². The number of rotatable bonds is 41. The van der Waals surface area contributed by atoms with E-state index in [2.05, 4.69) is 98.9 Å². The molecule has 0 aromatic rings. The van der Waals surface area contributed by atoms with Crippen LogP contribution in [0.1, 0.15) is 162 Å². The highest BCUT2D eigenvalue weighted by Crippen LogP contribution is 2.26. The molecule has 2 fully saturated rings. The van der Waals surface area contributed by atoms with Crippen LogP contribution >= 0.6 is 0 Å². The fourth-order valence-corrected chi connectivity index (χ4v) is 7.81. The summed E-state index contributed by atoms with van der Waals surface area (Å²) < 4.78 is 34.3. The van der Waals surface area contributed by atoms with E-state index in [0.29, 0.717) is 13.0 Å². The second-order valence-corrected chi connectivity index (χ2v) is 18.3. The van der Waals surface area contributed by atoms with Crippen LogP contribution in [-0.2, 0) is 33.2 Å². The van der Waals surface area contributed by atoms with Crippen LogP contribution in [0.5, 0.6) is 0 Å². The van der Waals surface area contributed by atoms with Crippen LogP contribution in [0.3, 0.4) is 0 Å². The molecular formula is C56H94O14. The van der Waals surface area contributed by atoms with E-state index in [0.717, 1.165) is 89.9 Å². The highest BCUT2D eigenvalue weighted by atomic mass is 16.7. The van der Waals surface area contributed by atoms with E-state index < -0.39 is 86.7 Å².